The number of nitrogens with zero attached hydrogens (tertiary/aromatic N) is 2. The molecule has 0 spiro atoms. The summed E-state index contributed by atoms with van der Waals surface area (Å²) in [5, 5.41) is 0. The Kier molecular flexibility index (Phi) is 2.94. The van der Waals surface area contributed by atoms with Crippen molar-refractivity contribution in [1.29, 1.82) is 0 Å². The van der Waals surface area contributed by atoms with Gasteiger partial charge in [0.05, 0.1) is 0 Å². The first-order valence-electron chi connectivity index (χ1n) is 7.01. The molecule has 92 valence electrons. The number of rotatable bonds is 3. The van der Waals surface area contributed by atoms with Gasteiger partial charge in [-0.05, 0) is 51.6 Å². The topological polar surface area (TPSA) is 32.5 Å². The monoisotopic (exact) mass is 223 g/mol. The van der Waals surface area contributed by atoms with Crippen LogP contribution in [0, 0.1) is 0 Å². The van der Waals surface area contributed by atoms with Crippen molar-refractivity contribution in [2.75, 3.05) is 32.7 Å². The van der Waals surface area contributed by atoms with E-state index in [1.54, 1.807) is 0 Å². The molecule has 2 saturated heterocycles. The molecule has 1 unspecified atom stereocenters. The van der Waals surface area contributed by atoms with Gasteiger partial charge in [0.15, 0.2) is 0 Å². The summed E-state index contributed by atoms with van der Waals surface area (Å²) in [6.45, 7) is 6.45. The summed E-state index contributed by atoms with van der Waals surface area (Å²) in [4.78, 5) is 5.33. The second-order valence-electron chi connectivity index (χ2n) is 6.10. The van der Waals surface area contributed by atoms with E-state index in [0.29, 0.717) is 0 Å². The van der Waals surface area contributed by atoms with Crippen LogP contribution in [0.2, 0.25) is 0 Å². The first-order chi connectivity index (χ1) is 7.75. The molecular weight excluding hydrogens is 198 g/mol. The number of hydrogen-bond donors (Lipinski definition) is 1. The zero-order valence-electron chi connectivity index (χ0n) is 10.3. The van der Waals surface area contributed by atoms with Crippen molar-refractivity contribution in [1.82, 2.24) is 9.80 Å². The molecule has 1 saturated carbocycles. The fraction of sp³-hybridized carbons (Fsp3) is 1.00. The molecule has 2 heterocycles. The highest BCUT2D eigenvalue weighted by Crippen LogP contribution is 2.32. The van der Waals surface area contributed by atoms with E-state index < -0.39 is 0 Å². The van der Waals surface area contributed by atoms with Crippen LogP contribution in [0.5, 0.6) is 0 Å². The summed E-state index contributed by atoms with van der Waals surface area (Å²) in [6, 6.07) is 0.865. The summed E-state index contributed by atoms with van der Waals surface area (Å²) in [5.41, 5.74) is 6.50. The Bertz CT molecular complexity index is 250. The van der Waals surface area contributed by atoms with Crippen molar-refractivity contribution in [3.63, 3.8) is 0 Å². The quantitative estimate of drug-likeness (QED) is 0.776. The van der Waals surface area contributed by atoms with Crippen molar-refractivity contribution < 1.29 is 0 Å². The lowest BCUT2D eigenvalue weighted by atomic mass is 9.75. The van der Waals surface area contributed by atoms with Gasteiger partial charge in [0.2, 0.25) is 0 Å². The third-order valence-electron chi connectivity index (χ3n) is 4.95. The highest BCUT2D eigenvalue weighted by Gasteiger charge is 2.34. The fourth-order valence-electron chi connectivity index (χ4n) is 3.52. The van der Waals surface area contributed by atoms with Crippen molar-refractivity contribution in [3.05, 3.63) is 0 Å². The zero-order valence-corrected chi connectivity index (χ0v) is 10.3. The summed E-state index contributed by atoms with van der Waals surface area (Å²) >= 11 is 0. The predicted molar refractivity (Wildman–Crippen MR) is 66.4 cm³/mol. The maximum atomic E-state index is 6.29. The highest BCUT2D eigenvalue weighted by molar-refractivity contribution is 4.94. The molecule has 0 aromatic carbocycles. The van der Waals surface area contributed by atoms with Crippen LogP contribution in [0.25, 0.3) is 0 Å². The van der Waals surface area contributed by atoms with E-state index in [1.807, 2.05) is 0 Å². The van der Waals surface area contributed by atoms with Gasteiger partial charge in [0, 0.05) is 31.2 Å². The van der Waals surface area contributed by atoms with Gasteiger partial charge in [-0.3, -0.25) is 4.90 Å². The van der Waals surface area contributed by atoms with Gasteiger partial charge in [-0.1, -0.05) is 0 Å². The molecule has 0 bridgehead atoms. The largest absolute Gasteiger partial charge is 0.325 e. The van der Waals surface area contributed by atoms with Crippen molar-refractivity contribution in [2.45, 2.75) is 50.1 Å². The van der Waals surface area contributed by atoms with E-state index in [9.17, 15) is 0 Å². The van der Waals surface area contributed by atoms with Gasteiger partial charge < -0.3 is 10.6 Å². The molecule has 2 aliphatic heterocycles. The second kappa shape index (κ2) is 4.28. The Morgan fingerprint density at radius 3 is 2.75 bits per heavy atom. The minimum absolute atomic E-state index is 0.215. The van der Waals surface area contributed by atoms with Gasteiger partial charge in [-0.15, -0.1) is 0 Å². The van der Waals surface area contributed by atoms with E-state index in [1.165, 1.54) is 71.2 Å². The Balaban J connectivity index is 1.45. The number of piperazine rings is 1. The van der Waals surface area contributed by atoms with Crippen LogP contribution < -0.4 is 5.73 Å². The van der Waals surface area contributed by atoms with Gasteiger partial charge >= 0.3 is 0 Å². The molecule has 3 rings (SSSR count). The third kappa shape index (κ3) is 2.13. The van der Waals surface area contributed by atoms with Gasteiger partial charge in [0.25, 0.3) is 0 Å². The van der Waals surface area contributed by atoms with Gasteiger partial charge in [-0.25, -0.2) is 0 Å². The molecule has 3 aliphatic rings. The average molecular weight is 223 g/mol. The molecule has 0 aromatic heterocycles. The lowest BCUT2D eigenvalue weighted by Crippen LogP contribution is -2.53. The highest BCUT2D eigenvalue weighted by atomic mass is 15.3. The normalized spacial score (nSPS) is 34.7. The summed E-state index contributed by atoms with van der Waals surface area (Å²) in [7, 11) is 0. The first-order valence-corrected chi connectivity index (χ1v) is 7.01. The minimum atomic E-state index is 0.215. The van der Waals surface area contributed by atoms with Crippen LogP contribution in [0.3, 0.4) is 0 Å². The zero-order chi connectivity index (χ0) is 11.0. The Morgan fingerprint density at radius 1 is 1.12 bits per heavy atom. The van der Waals surface area contributed by atoms with Crippen LogP contribution in [0.15, 0.2) is 0 Å². The molecule has 1 aliphatic carbocycles. The SMILES string of the molecule is NC1(CCN2CCN3CCCC3C2)CCC1. The Labute approximate surface area is 99.0 Å². The smallest absolute Gasteiger partial charge is 0.0224 e. The van der Waals surface area contributed by atoms with Crippen LogP contribution in [-0.2, 0) is 0 Å². The predicted octanol–water partition coefficient (Wildman–Crippen LogP) is 1.04. The minimum Gasteiger partial charge on any atom is -0.325 e. The molecule has 2 N–H and O–H groups in total. The van der Waals surface area contributed by atoms with Crippen molar-refractivity contribution in [2.24, 2.45) is 5.73 Å². The molecule has 1 atom stereocenters. The maximum Gasteiger partial charge on any atom is 0.0224 e. The van der Waals surface area contributed by atoms with Crippen LogP contribution in [0.4, 0.5) is 0 Å². The van der Waals surface area contributed by atoms with Crippen LogP contribution in [-0.4, -0.2) is 54.1 Å². The molecule has 3 nitrogen and oxygen atoms in total. The molecule has 16 heavy (non-hydrogen) atoms. The van der Waals surface area contributed by atoms with E-state index in [-0.39, 0.29) is 5.54 Å². The second-order valence-corrected chi connectivity index (χ2v) is 6.10. The average Bonchev–Trinajstić information content (AvgIpc) is 2.70. The standard InChI is InChI=1S/C13H25N3/c14-13(4-2-5-13)6-8-15-9-10-16-7-1-3-12(16)11-15/h12H,1-11,14H2. The molecule has 0 radical (unpaired) electrons. The van der Waals surface area contributed by atoms with Crippen molar-refractivity contribution >= 4 is 0 Å². The molecule has 3 heteroatoms. The summed E-state index contributed by atoms with van der Waals surface area (Å²) < 4.78 is 0. The van der Waals surface area contributed by atoms with Gasteiger partial charge in [-0.2, -0.15) is 0 Å². The van der Waals surface area contributed by atoms with Gasteiger partial charge in [0.1, 0.15) is 0 Å². The number of nitrogens with two attached hydrogens (primary N) is 1. The summed E-state index contributed by atoms with van der Waals surface area (Å²) in [6.07, 6.45) is 7.93. The lowest BCUT2D eigenvalue weighted by molar-refractivity contribution is 0.0899. The van der Waals surface area contributed by atoms with E-state index in [4.69, 9.17) is 5.73 Å². The molecule has 0 amide bonds. The molecule has 0 aromatic rings. The van der Waals surface area contributed by atoms with Crippen LogP contribution >= 0.6 is 0 Å². The van der Waals surface area contributed by atoms with Crippen LogP contribution in [0.1, 0.15) is 38.5 Å². The van der Waals surface area contributed by atoms with E-state index >= 15 is 0 Å². The Hall–Kier alpha value is -0.120. The fourth-order valence-corrected chi connectivity index (χ4v) is 3.52. The number of hydrogen-bond acceptors (Lipinski definition) is 3. The molecule has 3 fully saturated rings. The van der Waals surface area contributed by atoms with E-state index in [2.05, 4.69) is 9.80 Å². The molecular formula is C13H25N3. The maximum absolute atomic E-state index is 6.29. The summed E-state index contributed by atoms with van der Waals surface area (Å²) in [5.74, 6) is 0. The lowest BCUT2D eigenvalue weighted by Gasteiger charge is -2.42. The number of fused-ring (bicyclic) bond motifs is 1. The first kappa shape index (κ1) is 11.0. The Morgan fingerprint density at radius 2 is 2.00 bits per heavy atom. The van der Waals surface area contributed by atoms with Crippen molar-refractivity contribution in [3.8, 4) is 0 Å². The van der Waals surface area contributed by atoms with E-state index in [0.717, 1.165) is 6.04 Å². The third-order valence-corrected chi connectivity index (χ3v) is 4.95.